The molecule has 3 heterocycles. The number of likely N-dealkylation sites (tertiary alicyclic amines) is 1. The average molecular weight is 1100 g/mol. The summed E-state index contributed by atoms with van der Waals surface area (Å²) in [5, 5.41) is 28.8. The second-order valence-corrected chi connectivity index (χ2v) is 22.5. The third kappa shape index (κ3) is 20.1. The number of amides is 3. The number of nitrogens with one attached hydrogen (secondary N) is 2. The Labute approximate surface area is 451 Å². The van der Waals surface area contributed by atoms with Gasteiger partial charge >= 0.3 is 23.6 Å². The highest BCUT2D eigenvalue weighted by molar-refractivity contribution is 8.76. The number of aromatic hydroxyl groups is 1. The first-order valence-electron chi connectivity index (χ1n) is 25.4. The summed E-state index contributed by atoms with van der Waals surface area (Å²) in [6.07, 6.45) is 4.75. The maximum atomic E-state index is 15.0. The predicted molar refractivity (Wildman–Crippen MR) is 285 cm³/mol. The Hall–Kier alpha value is -5.65. The number of ketones is 1. The highest BCUT2D eigenvalue weighted by Crippen LogP contribution is 2.36. The number of phenols is 1. The maximum absolute atomic E-state index is 15.0. The van der Waals surface area contributed by atoms with E-state index in [-0.39, 0.29) is 102 Å². The van der Waals surface area contributed by atoms with E-state index in [9.17, 15) is 48.8 Å². The van der Waals surface area contributed by atoms with Crippen LogP contribution < -0.4 is 10.6 Å². The highest BCUT2D eigenvalue weighted by Gasteiger charge is 2.40. The Bertz CT molecular complexity index is 2390. The Morgan fingerprint density at radius 1 is 1.01 bits per heavy atom. The van der Waals surface area contributed by atoms with Crippen molar-refractivity contribution in [3.05, 3.63) is 74.4 Å². The molecule has 0 spiro atoms. The minimum Gasteiger partial charge on any atom is -0.508 e. The zero-order valence-electron chi connectivity index (χ0n) is 44.2. The molecule has 2 aromatic heterocycles. The summed E-state index contributed by atoms with van der Waals surface area (Å²) in [6, 6.07) is 7.57. The third-order valence-electron chi connectivity index (χ3n) is 13.0. The van der Waals surface area contributed by atoms with E-state index in [2.05, 4.69) is 20.6 Å². The van der Waals surface area contributed by atoms with Crippen molar-refractivity contribution in [1.82, 2.24) is 30.4 Å². The Morgan fingerprint density at radius 3 is 2.40 bits per heavy atom. The number of rotatable bonds is 31. The van der Waals surface area contributed by atoms with E-state index in [1.54, 1.807) is 19.1 Å². The van der Waals surface area contributed by atoms with Crippen LogP contribution in [0.15, 0.2) is 53.0 Å². The number of esters is 3. The molecule has 75 heavy (non-hydrogen) atoms. The summed E-state index contributed by atoms with van der Waals surface area (Å²) in [5.41, 5.74) is 0.617. The van der Waals surface area contributed by atoms with Crippen molar-refractivity contribution >= 4 is 80.0 Å². The Morgan fingerprint density at radius 2 is 1.75 bits per heavy atom. The van der Waals surface area contributed by atoms with Crippen LogP contribution in [0, 0.1) is 33.8 Å². The number of benzene rings is 1. The smallest absolute Gasteiger partial charge is 0.325 e. The molecular weight excluding hydrogens is 1030 g/mol. The van der Waals surface area contributed by atoms with Gasteiger partial charge in [0.15, 0.2) is 23.6 Å². The molecule has 23 heteroatoms. The molecule has 1 fully saturated rings. The van der Waals surface area contributed by atoms with E-state index in [1.165, 1.54) is 58.5 Å². The van der Waals surface area contributed by atoms with E-state index in [1.807, 2.05) is 46.6 Å². The average Bonchev–Trinajstić information content (AvgIpc) is 3.88. The zero-order valence-corrected chi connectivity index (χ0v) is 46.6. The first-order valence-corrected chi connectivity index (χ1v) is 28.6. The zero-order chi connectivity index (χ0) is 55.2. The SMILES string of the molecule is CCCC(=O)OCN(C(=O)[C@H](CC(=O)C1CCCCN1C)[C@@H](C)CC)[C@H](C[C@@H](OC(C)=O)c1nc(C(=O)N[C@@H](Cc2ccc(O)cc2)C[C@H](C)C(=O)NCC(=O)OCCSSc2ncccc2[N+](=O)[O-])cs1)C(C)C. The topological polar surface area (TPSA) is 267 Å². The molecule has 1 unspecified atom stereocenters. The second-order valence-electron chi connectivity index (χ2n) is 19.2. The molecule has 1 aliphatic heterocycles. The molecular formula is C52H73N7O13S3. The van der Waals surface area contributed by atoms with Crippen LogP contribution >= 0.6 is 32.9 Å². The number of Topliss-reactive ketones (excluding diaryl/α,β-unsaturated/α-hetero) is 1. The molecule has 3 amide bonds. The largest absolute Gasteiger partial charge is 0.508 e. The lowest BCUT2D eigenvalue weighted by atomic mass is 9.82. The van der Waals surface area contributed by atoms with E-state index < -0.39 is 71.2 Å². The number of ether oxygens (including phenoxy) is 3. The van der Waals surface area contributed by atoms with Crippen LogP contribution in [0.4, 0.5) is 5.69 Å². The molecule has 1 aromatic carbocycles. The van der Waals surface area contributed by atoms with Gasteiger partial charge in [-0.2, -0.15) is 0 Å². The molecule has 1 aliphatic rings. The highest BCUT2D eigenvalue weighted by atomic mass is 33.1. The van der Waals surface area contributed by atoms with Crippen LogP contribution in [0.1, 0.15) is 133 Å². The standard InChI is InChI=1S/C52H73N7O13S3/c1-9-14-46(63)71-31-58(52(67)39(33(5)10-2)27-44(62)41-15-11-12-22-57(41)8)43(32(3)4)28-45(72-35(7)60)51-56-40(30-73-51)49(66)55-37(26-36-17-19-38(61)20-18-36)25-34(6)48(65)54-29-47(64)70-23-24-74-75-50-42(59(68)69)16-13-21-53-50/h13,16-21,30,32-34,37,39,41,43,45,61H,9-12,14-15,22-29,31H2,1-8H3,(H,54,65)(H,55,66)/t33-,34-,37+,39+,41?,43+,45+/m0/s1. The van der Waals surface area contributed by atoms with Crippen molar-refractivity contribution in [3.63, 3.8) is 0 Å². The van der Waals surface area contributed by atoms with Gasteiger partial charge in [0, 0.05) is 73.5 Å². The normalized spacial score (nSPS) is 16.1. The van der Waals surface area contributed by atoms with Crippen molar-refractivity contribution in [2.75, 3.05) is 39.2 Å². The maximum Gasteiger partial charge on any atom is 0.325 e. The van der Waals surface area contributed by atoms with Crippen molar-refractivity contribution < 1.29 is 57.8 Å². The summed E-state index contributed by atoms with van der Waals surface area (Å²) < 4.78 is 16.8. The molecule has 0 saturated carbocycles. The number of likely N-dealkylation sites (N-methyl/N-ethyl adjacent to an activating group) is 1. The van der Waals surface area contributed by atoms with Gasteiger partial charge in [-0.25, -0.2) is 9.97 Å². The first kappa shape index (κ1) is 61.9. The summed E-state index contributed by atoms with van der Waals surface area (Å²) >= 11 is 1.08. The number of hydrogen-bond donors (Lipinski definition) is 3. The summed E-state index contributed by atoms with van der Waals surface area (Å²) in [6.45, 7) is 12.4. The number of nitrogens with zero attached hydrogens (tertiary/aromatic N) is 5. The third-order valence-corrected chi connectivity index (χ3v) is 16.2. The number of piperidine rings is 1. The van der Waals surface area contributed by atoms with Crippen LogP contribution in [0.5, 0.6) is 5.75 Å². The molecule has 4 rings (SSSR count). The molecule has 0 aliphatic carbocycles. The number of carbonyl (C=O) groups is 7. The fraction of sp³-hybridized carbons (Fsp3) is 0.596. The lowest BCUT2D eigenvalue weighted by molar-refractivity contribution is -0.388. The number of aromatic nitrogens is 2. The number of thiazole rings is 1. The fourth-order valence-electron chi connectivity index (χ4n) is 8.68. The molecule has 3 aromatic rings. The number of pyridine rings is 1. The molecule has 20 nitrogen and oxygen atoms in total. The van der Waals surface area contributed by atoms with Gasteiger partial charge in [0.1, 0.15) is 29.6 Å². The van der Waals surface area contributed by atoms with Gasteiger partial charge in [-0.3, -0.25) is 48.6 Å². The fourth-order valence-corrected chi connectivity index (χ4v) is 11.4. The van der Waals surface area contributed by atoms with Crippen molar-refractivity contribution in [2.45, 2.75) is 142 Å². The Kier molecular flexibility index (Phi) is 25.9. The van der Waals surface area contributed by atoms with Crippen LogP contribution in [0.3, 0.4) is 0 Å². The molecule has 0 bridgehead atoms. The van der Waals surface area contributed by atoms with Gasteiger partial charge < -0.3 is 34.9 Å². The van der Waals surface area contributed by atoms with Crippen LogP contribution in [-0.2, 0) is 49.4 Å². The number of nitro groups is 1. The van der Waals surface area contributed by atoms with E-state index in [0.717, 1.165) is 47.1 Å². The van der Waals surface area contributed by atoms with Crippen molar-refractivity contribution in [2.24, 2.45) is 23.7 Å². The van der Waals surface area contributed by atoms with Gasteiger partial charge in [0.25, 0.3) is 5.91 Å². The summed E-state index contributed by atoms with van der Waals surface area (Å²) in [4.78, 5) is 117. The van der Waals surface area contributed by atoms with Gasteiger partial charge in [-0.05, 0) is 92.1 Å². The predicted octanol–water partition coefficient (Wildman–Crippen LogP) is 7.87. The second kappa shape index (κ2) is 31.4. The molecule has 7 atom stereocenters. The van der Waals surface area contributed by atoms with Crippen LogP contribution in [0.2, 0.25) is 0 Å². The minimum atomic E-state index is -1.04. The van der Waals surface area contributed by atoms with E-state index in [0.29, 0.717) is 25.0 Å². The first-order chi connectivity index (χ1) is 35.7. The molecule has 1 saturated heterocycles. The minimum absolute atomic E-state index is 0.00285. The lowest BCUT2D eigenvalue weighted by Crippen LogP contribution is -2.50. The van der Waals surface area contributed by atoms with E-state index in [4.69, 9.17) is 14.2 Å². The quantitative estimate of drug-likeness (QED) is 0.0105. The van der Waals surface area contributed by atoms with Gasteiger partial charge in [0.2, 0.25) is 11.8 Å². The molecule has 0 radical (unpaired) electrons. The number of carbonyl (C=O) groups excluding carboxylic acids is 7. The Balaban J connectivity index is 1.49. The van der Waals surface area contributed by atoms with Gasteiger partial charge in [-0.15, -0.1) is 11.3 Å². The molecule has 412 valence electrons. The van der Waals surface area contributed by atoms with Crippen LogP contribution in [0.25, 0.3) is 0 Å². The lowest BCUT2D eigenvalue weighted by Gasteiger charge is -2.39. The summed E-state index contributed by atoms with van der Waals surface area (Å²) in [7, 11) is 4.23. The summed E-state index contributed by atoms with van der Waals surface area (Å²) in [5.74, 6) is -4.77. The van der Waals surface area contributed by atoms with Crippen molar-refractivity contribution in [1.29, 1.82) is 0 Å². The number of hydrogen-bond acceptors (Lipinski definition) is 19. The van der Waals surface area contributed by atoms with Gasteiger partial charge in [-0.1, -0.05) is 77.3 Å². The van der Waals surface area contributed by atoms with Crippen molar-refractivity contribution in [3.8, 4) is 5.75 Å². The molecule has 3 N–H and O–H groups in total. The van der Waals surface area contributed by atoms with Gasteiger partial charge in [0.05, 0.1) is 11.0 Å². The number of phenolic OH excluding ortho intramolecular Hbond substituents is 1. The van der Waals surface area contributed by atoms with E-state index >= 15 is 0 Å². The van der Waals surface area contributed by atoms with Crippen LogP contribution in [-0.4, -0.2) is 129 Å². The monoisotopic (exact) mass is 1100 g/mol.